The van der Waals surface area contributed by atoms with Gasteiger partial charge in [0.1, 0.15) is 11.6 Å². The average Bonchev–Trinajstić information content (AvgIpc) is 2.98. The van der Waals surface area contributed by atoms with Crippen molar-refractivity contribution >= 4 is 0 Å². The summed E-state index contributed by atoms with van der Waals surface area (Å²) in [5, 5.41) is 0. The van der Waals surface area contributed by atoms with Gasteiger partial charge in [-0.1, -0.05) is 11.6 Å². The van der Waals surface area contributed by atoms with Crippen molar-refractivity contribution in [2.24, 2.45) is 0 Å². The smallest absolute Gasteiger partial charge is 0.137 e. The topological polar surface area (TPSA) is 41.2 Å². The Bertz CT molecular complexity index is 670. The molecule has 0 amide bonds. The van der Waals surface area contributed by atoms with E-state index in [-0.39, 0.29) is 0 Å². The minimum absolute atomic E-state index is 0.869. The van der Waals surface area contributed by atoms with Gasteiger partial charge in [0.05, 0.1) is 18.5 Å². The number of allylic oxidation sites excluding steroid dienone is 1. The number of H-pyrrole nitrogens is 1. The maximum atomic E-state index is 5.21. The van der Waals surface area contributed by atoms with E-state index >= 15 is 0 Å². The normalized spacial score (nSPS) is 15.7. The van der Waals surface area contributed by atoms with Crippen molar-refractivity contribution < 1.29 is 4.74 Å². The molecule has 0 saturated carbocycles. The van der Waals surface area contributed by atoms with E-state index < -0.39 is 0 Å². The van der Waals surface area contributed by atoms with Gasteiger partial charge in [0.25, 0.3) is 0 Å². The first-order chi connectivity index (χ1) is 10.7. The number of ether oxygens (including phenoxy) is 1. The molecule has 2 aromatic rings. The molecule has 0 bridgehead atoms. The molecular formula is C18H23N3O. The summed E-state index contributed by atoms with van der Waals surface area (Å²) in [6.07, 6.45) is 3.20. The molecule has 1 N–H and O–H groups in total. The number of hydrogen-bond acceptors (Lipinski definition) is 3. The Morgan fingerprint density at radius 2 is 2.14 bits per heavy atom. The molecule has 0 atom stereocenters. The van der Waals surface area contributed by atoms with Gasteiger partial charge < -0.3 is 9.72 Å². The Kier molecular flexibility index (Phi) is 4.29. The Balaban J connectivity index is 1.78. The van der Waals surface area contributed by atoms with Gasteiger partial charge in [-0.05, 0) is 38.1 Å². The molecule has 1 aliphatic rings. The lowest BCUT2D eigenvalue weighted by Gasteiger charge is -2.26. The van der Waals surface area contributed by atoms with Gasteiger partial charge in [0, 0.05) is 31.6 Å². The maximum Gasteiger partial charge on any atom is 0.137 e. The molecule has 2 heterocycles. The molecule has 3 rings (SSSR count). The molecule has 22 heavy (non-hydrogen) atoms. The highest BCUT2D eigenvalue weighted by atomic mass is 16.5. The maximum absolute atomic E-state index is 5.21. The first-order valence-electron chi connectivity index (χ1n) is 7.76. The number of nitrogens with zero attached hydrogens (tertiary/aromatic N) is 2. The molecule has 0 spiro atoms. The summed E-state index contributed by atoms with van der Waals surface area (Å²) in [5.41, 5.74) is 4.98. The number of benzene rings is 1. The highest BCUT2D eigenvalue weighted by Crippen LogP contribution is 2.24. The number of hydrogen-bond donors (Lipinski definition) is 1. The Labute approximate surface area is 131 Å². The van der Waals surface area contributed by atoms with Gasteiger partial charge in [0.2, 0.25) is 0 Å². The van der Waals surface area contributed by atoms with E-state index in [1.54, 1.807) is 7.11 Å². The van der Waals surface area contributed by atoms with E-state index in [2.05, 4.69) is 29.8 Å². The lowest BCUT2D eigenvalue weighted by atomic mass is 10.1. The monoisotopic (exact) mass is 297 g/mol. The highest BCUT2D eigenvalue weighted by Gasteiger charge is 2.20. The van der Waals surface area contributed by atoms with Gasteiger partial charge in [-0.3, -0.25) is 4.90 Å². The second-order valence-electron chi connectivity index (χ2n) is 5.83. The van der Waals surface area contributed by atoms with Crippen LogP contribution in [0.5, 0.6) is 5.75 Å². The first kappa shape index (κ1) is 14.9. The number of nitrogens with one attached hydrogen (secondary N) is 1. The molecule has 4 nitrogen and oxygen atoms in total. The summed E-state index contributed by atoms with van der Waals surface area (Å²) in [6.45, 7) is 7.34. The van der Waals surface area contributed by atoms with Crippen LogP contribution >= 0.6 is 0 Å². The summed E-state index contributed by atoms with van der Waals surface area (Å²) in [4.78, 5) is 10.7. The van der Waals surface area contributed by atoms with Crippen molar-refractivity contribution in [3.8, 4) is 17.1 Å². The van der Waals surface area contributed by atoms with Gasteiger partial charge in [-0.15, -0.1) is 0 Å². The summed E-state index contributed by atoms with van der Waals surface area (Å²) < 4.78 is 5.21. The second-order valence-corrected chi connectivity index (χ2v) is 5.83. The minimum Gasteiger partial charge on any atom is -0.497 e. The largest absolute Gasteiger partial charge is 0.497 e. The SMILES string of the molecule is C/C=C(\C)CN1CCc2nc(-c3ccc(OC)cc3)[nH]c2C1. The summed E-state index contributed by atoms with van der Waals surface area (Å²) >= 11 is 0. The molecule has 1 aromatic carbocycles. The van der Waals surface area contributed by atoms with E-state index in [9.17, 15) is 0 Å². The molecule has 116 valence electrons. The van der Waals surface area contributed by atoms with Gasteiger partial charge >= 0.3 is 0 Å². The van der Waals surface area contributed by atoms with E-state index in [1.807, 2.05) is 24.3 Å². The van der Waals surface area contributed by atoms with Crippen LogP contribution in [0, 0.1) is 0 Å². The zero-order chi connectivity index (χ0) is 15.5. The van der Waals surface area contributed by atoms with Gasteiger partial charge in [-0.25, -0.2) is 4.98 Å². The van der Waals surface area contributed by atoms with Crippen LogP contribution in [-0.2, 0) is 13.0 Å². The molecule has 4 heteroatoms. The van der Waals surface area contributed by atoms with Crippen LogP contribution in [0.4, 0.5) is 0 Å². The Morgan fingerprint density at radius 3 is 2.82 bits per heavy atom. The second kappa shape index (κ2) is 6.36. The van der Waals surface area contributed by atoms with Gasteiger partial charge in [-0.2, -0.15) is 0 Å². The average molecular weight is 297 g/mol. The van der Waals surface area contributed by atoms with Crippen LogP contribution in [0.15, 0.2) is 35.9 Å². The van der Waals surface area contributed by atoms with Crippen molar-refractivity contribution in [3.63, 3.8) is 0 Å². The van der Waals surface area contributed by atoms with Crippen molar-refractivity contribution in [3.05, 3.63) is 47.3 Å². The van der Waals surface area contributed by atoms with Crippen LogP contribution in [-0.4, -0.2) is 35.1 Å². The Morgan fingerprint density at radius 1 is 1.36 bits per heavy atom. The lowest BCUT2D eigenvalue weighted by molar-refractivity contribution is 0.271. The fraction of sp³-hybridized carbons (Fsp3) is 0.389. The zero-order valence-electron chi connectivity index (χ0n) is 13.5. The summed E-state index contributed by atoms with van der Waals surface area (Å²) in [7, 11) is 1.68. The molecule has 0 aliphatic carbocycles. The van der Waals surface area contributed by atoms with Crippen LogP contribution in [0.25, 0.3) is 11.4 Å². The van der Waals surface area contributed by atoms with Crippen LogP contribution in [0.2, 0.25) is 0 Å². The number of imidazole rings is 1. The van der Waals surface area contributed by atoms with Gasteiger partial charge in [0.15, 0.2) is 0 Å². The van der Waals surface area contributed by atoms with Crippen LogP contribution < -0.4 is 4.74 Å². The number of fused-ring (bicyclic) bond motifs is 1. The predicted octanol–water partition coefficient (Wildman–Crippen LogP) is 3.41. The molecule has 0 fully saturated rings. The summed E-state index contributed by atoms with van der Waals surface area (Å²) in [6, 6.07) is 8.03. The molecule has 1 aromatic heterocycles. The number of aromatic nitrogens is 2. The minimum atomic E-state index is 0.869. The van der Waals surface area contributed by atoms with Crippen molar-refractivity contribution in [1.29, 1.82) is 0 Å². The molecule has 0 unspecified atom stereocenters. The fourth-order valence-electron chi connectivity index (χ4n) is 2.81. The number of rotatable bonds is 4. The summed E-state index contributed by atoms with van der Waals surface area (Å²) in [5.74, 6) is 1.82. The third kappa shape index (κ3) is 3.07. The quantitative estimate of drug-likeness (QED) is 0.879. The molecule has 0 radical (unpaired) electrons. The van der Waals surface area contributed by atoms with Crippen molar-refractivity contribution in [1.82, 2.24) is 14.9 Å². The highest BCUT2D eigenvalue weighted by molar-refractivity contribution is 5.57. The molecule has 1 aliphatic heterocycles. The molecule has 0 saturated heterocycles. The molecular weight excluding hydrogens is 274 g/mol. The van der Waals surface area contributed by atoms with Crippen LogP contribution in [0.1, 0.15) is 25.2 Å². The fourth-order valence-corrected chi connectivity index (χ4v) is 2.81. The van der Waals surface area contributed by atoms with E-state index in [0.29, 0.717) is 0 Å². The van der Waals surface area contributed by atoms with E-state index in [1.165, 1.54) is 17.0 Å². The standard InChI is InChI=1S/C18H23N3O/c1-4-13(2)11-21-10-9-16-17(12-21)20-18(19-16)14-5-7-15(22-3)8-6-14/h4-8H,9-12H2,1-3H3,(H,19,20)/b13-4+. The third-order valence-electron chi connectivity index (χ3n) is 4.24. The predicted molar refractivity (Wildman–Crippen MR) is 89.0 cm³/mol. The van der Waals surface area contributed by atoms with E-state index in [4.69, 9.17) is 9.72 Å². The van der Waals surface area contributed by atoms with Crippen LogP contribution in [0.3, 0.4) is 0 Å². The van der Waals surface area contributed by atoms with Crippen molar-refractivity contribution in [2.75, 3.05) is 20.2 Å². The third-order valence-corrected chi connectivity index (χ3v) is 4.24. The van der Waals surface area contributed by atoms with Crippen molar-refractivity contribution in [2.45, 2.75) is 26.8 Å². The Hall–Kier alpha value is -2.07. The lowest BCUT2D eigenvalue weighted by Crippen LogP contribution is -2.31. The number of aromatic amines is 1. The first-order valence-corrected chi connectivity index (χ1v) is 7.76. The number of methoxy groups -OCH3 is 1. The zero-order valence-corrected chi connectivity index (χ0v) is 13.5. The van der Waals surface area contributed by atoms with E-state index in [0.717, 1.165) is 43.2 Å².